The van der Waals surface area contributed by atoms with Crippen molar-refractivity contribution in [3.8, 4) is 5.69 Å². The number of nitrogens with one attached hydrogen (secondary N) is 2. The summed E-state index contributed by atoms with van der Waals surface area (Å²) in [6, 6.07) is 12.4. The van der Waals surface area contributed by atoms with Crippen LogP contribution >= 0.6 is 0 Å². The summed E-state index contributed by atoms with van der Waals surface area (Å²) in [4.78, 5) is 23.7. The summed E-state index contributed by atoms with van der Waals surface area (Å²) >= 11 is 0. The third-order valence-corrected chi connectivity index (χ3v) is 4.17. The Kier molecular flexibility index (Phi) is 6.58. The van der Waals surface area contributed by atoms with Crippen LogP contribution in [0, 0.1) is 0 Å². The number of alkyl halides is 3. The van der Waals surface area contributed by atoms with E-state index in [9.17, 15) is 22.8 Å². The molecule has 0 spiro atoms. The van der Waals surface area contributed by atoms with E-state index in [4.69, 9.17) is 4.74 Å². The second-order valence-corrected chi connectivity index (χ2v) is 6.42. The summed E-state index contributed by atoms with van der Waals surface area (Å²) in [6.45, 7) is 1.90. The molecule has 2 aromatic carbocycles. The van der Waals surface area contributed by atoms with Crippen molar-refractivity contribution in [1.29, 1.82) is 0 Å². The van der Waals surface area contributed by atoms with Gasteiger partial charge in [-0.1, -0.05) is 12.1 Å². The van der Waals surface area contributed by atoms with Crippen LogP contribution in [0.15, 0.2) is 60.8 Å². The number of hydrogen-bond donors (Lipinski definition) is 2. The zero-order valence-corrected chi connectivity index (χ0v) is 16.4. The molecule has 0 aliphatic carbocycles. The number of anilines is 1. The predicted molar refractivity (Wildman–Crippen MR) is 107 cm³/mol. The Labute approximate surface area is 175 Å². The number of hydrogen-bond acceptors (Lipinski definition) is 4. The van der Waals surface area contributed by atoms with Gasteiger partial charge in [0.15, 0.2) is 5.69 Å². The van der Waals surface area contributed by atoms with Crippen molar-refractivity contribution in [2.45, 2.75) is 19.6 Å². The van der Waals surface area contributed by atoms with Crippen LogP contribution < -0.4 is 10.6 Å². The fourth-order valence-electron chi connectivity index (χ4n) is 2.69. The Bertz CT molecular complexity index is 1060. The highest BCUT2D eigenvalue weighted by Crippen LogP contribution is 2.29. The van der Waals surface area contributed by atoms with Crippen molar-refractivity contribution >= 4 is 17.7 Å². The largest absolute Gasteiger partial charge is 0.461 e. The molecule has 10 heteroatoms. The number of esters is 1. The molecule has 0 saturated heterocycles. The van der Waals surface area contributed by atoms with E-state index in [1.807, 2.05) is 0 Å². The lowest BCUT2D eigenvalue weighted by molar-refractivity contribution is -0.137. The second kappa shape index (κ2) is 9.33. The first-order valence-corrected chi connectivity index (χ1v) is 9.30. The van der Waals surface area contributed by atoms with Gasteiger partial charge < -0.3 is 15.4 Å². The molecule has 0 radical (unpaired) electrons. The zero-order valence-electron chi connectivity index (χ0n) is 16.4. The first kappa shape index (κ1) is 21.9. The quantitative estimate of drug-likeness (QED) is 0.566. The molecule has 2 N–H and O–H groups in total. The maximum Gasteiger partial charge on any atom is 0.416 e. The number of halogens is 3. The number of ether oxygens (including phenoxy) is 1. The monoisotopic (exact) mass is 432 g/mol. The summed E-state index contributed by atoms with van der Waals surface area (Å²) in [5, 5.41) is 9.25. The minimum absolute atomic E-state index is 0.0578. The molecule has 7 nitrogen and oxygen atoms in total. The topological polar surface area (TPSA) is 85.2 Å². The fourth-order valence-corrected chi connectivity index (χ4v) is 2.69. The van der Waals surface area contributed by atoms with Gasteiger partial charge in [0.25, 0.3) is 0 Å². The van der Waals surface area contributed by atoms with Gasteiger partial charge in [-0.3, -0.25) is 0 Å². The van der Waals surface area contributed by atoms with Crippen LogP contribution in [0.1, 0.15) is 28.5 Å². The van der Waals surface area contributed by atoms with Gasteiger partial charge in [0.1, 0.15) is 0 Å². The van der Waals surface area contributed by atoms with Gasteiger partial charge in [0.05, 0.1) is 17.9 Å². The second-order valence-electron chi connectivity index (χ2n) is 6.42. The van der Waals surface area contributed by atoms with Gasteiger partial charge in [-0.25, -0.2) is 14.3 Å². The zero-order chi connectivity index (χ0) is 22.4. The molecule has 0 unspecified atom stereocenters. The van der Waals surface area contributed by atoms with Crippen LogP contribution in [-0.2, 0) is 17.5 Å². The Morgan fingerprint density at radius 1 is 1.10 bits per heavy atom. The van der Waals surface area contributed by atoms with E-state index in [0.29, 0.717) is 16.9 Å². The number of aromatic nitrogens is 2. The SMILES string of the molecule is CCOC(=O)c1ccn(-c2ccc(NC(=O)NCc3cccc(C(F)(F)F)c3)cc2)n1. The number of carbonyl (C=O) groups is 2. The molecule has 2 amide bonds. The van der Waals surface area contributed by atoms with Crippen molar-refractivity contribution in [1.82, 2.24) is 15.1 Å². The highest BCUT2D eigenvalue weighted by Gasteiger charge is 2.30. The maximum atomic E-state index is 12.8. The minimum atomic E-state index is -4.44. The van der Waals surface area contributed by atoms with Crippen LogP contribution in [0.5, 0.6) is 0 Å². The van der Waals surface area contributed by atoms with Gasteiger partial charge in [-0.05, 0) is 55.0 Å². The molecule has 0 atom stereocenters. The lowest BCUT2D eigenvalue weighted by atomic mass is 10.1. The summed E-state index contributed by atoms with van der Waals surface area (Å²) in [5.74, 6) is -0.517. The first-order valence-electron chi connectivity index (χ1n) is 9.30. The number of benzene rings is 2. The molecular weight excluding hydrogens is 413 g/mol. The van der Waals surface area contributed by atoms with Crippen LogP contribution in [0.4, 0.5) is 23.7 Å². The molecular formula is C21H19F3N4O3. The molecule has 0 aliphatic rings. The van der Waals surface area contributed by atoms with Crippen molar-refractivity contribution in [3.63, 3.8) is 0 Å². The van der Waals surface area contributed by atoms with Gasteiger partial charge in [-0.2, -0.15) is 18.3 Å². The van der Waals surface area contributed by atoms with Crippen LogP contribution in [0.2, 0.25) is 0 Å². The van der Waals surface area contributed by atoms with E-state index < -0.39 is 23.7 Å². The molecule has 1 aromatic heterocycles. The van der Waals surface area contributed by atoms with Gasteiger partial charge >= 0.3 is 18.2 Å². The van der Waals surface area contributed by atoms with Crippen molar-refractivity contribution in [3.05, 3.63) is 77.6 Å². The fraction of sp³-hybridized carbons (Fsp3) is 0.190. The van der Waals surface area contributed by atoms with E-state index in [1.165, 1.54) is 22.9 Å². The van der Waals surface area contributed by atoms with E-state index in [-0.39, 0.29) is 18.8 Å². The average Bonchev–Trinajstić information content (AvgIpc) is 3.23. The number of nitrogens with zero attached hydrogens (tertiary/aromatic N) is 2. The van der Waals surface area contributed by atoms with Gasteiger partial charge in [0.2, 0.25) is 0 Å². The van der Waals surface area contributed by atoms with Crippen LogP contribution in [0.3, 0.4) is 0 Å². The number of amides is 2. The third kappa shape index (κ3) is 5.84. The Morgan fingerprint density at radius 2 is 1.84 bits per heavy atom. The Morgan fingerprint density at radius 3 is 2.52 bits per heavy atom. The van der Waals surface area contributed by atoms with Crippen molar-refractivity contribution < 1.29 is 27.5 Å². The van der Waals surface area contributed by atoms with Gasteiger partial charge in [-0.15, -0.1) is 0 Å². The normalized spacial score (nSPS) is 11.1. The summed E-state index contributed by atoms with van der Waals surface area (Å²) < 4.78 is 44.7. The Hall–Kier alpha value is -3.82. The standard InChI is InChI=1S/C21H19F3N4O3/c1-2-31-19(29)18-10-11-28(27-18)17-8-6-16(7-9-17)26-20(30)25-13-14-4-3-5-15(12-14)21(22,23)24/h3-12H,2,13H2,1H3,(H2,25,26,30). The molecule has 0 aliphatic heterocycles. The lowest BCUT2D eigenvalue weighted by Gasteiger charge is -2.11. The Balaban J connectivity index is 1.56. The average molecular weight is 432 g/mol. The minimum Gasteiger partial charge on any atom is -0.461 e. The first-order chi connectivity index (χ1) is 14.8. The summed E-state index contributed by atoms with van der Waals surface area (Å²) in [7, 11) is 0. The molecule has 0 bridgehead atoms. The third-order valence-electron chi connectivity index (χ3n) is 4.17. The maximum absolute atomic E-state index is 12.8. The van der Waals surface area contributed by atoms with Gasteiger partial charge in [0, 0.05) is 18.4 Å². The van der Waals surface area contributed by atoms with E-state index in [2.05, 4.69) is 15.7 Å². The summed E-state index contributed by atoms with van der Waals surface area (Å²) in [5.41, 5.74) is 0.871. The number of rotatable bonds is 6. The number of urea groups is 1. The lowest BCUT2D eigenvalue weighted by Crippen LogP contribution is -2.28. The van der Waals surface area contributed by atoms with Crippen molar-refractivity contribution in [2.24, 2.45) is 0 Å². The van der Waals surface area contributed by atoms with Crippen molar-refractivity contribution in [2.75, 3.05) is 11.9 Å². The molecule has 0 saturated carbocycles. The van der Waals surface area contributed by atoms with E-state index >= 15 is 0 Å². The van der Waals surface area contributed by atoms with Crippen LogP contribution in [0.25, 0.3) is 5.69 Å². The molecule has 3 aromatic rings. The van der Waals surface area contributed by atoms with E-state index in [1.54, 1.807) is 37.4 Å². The molecule has 3 rings (SSSR count). The summed E-state index contributed by atoms with van der Waals surface area (Å²) in [6.07, 6.45) is -2.83. The van der Waals surface area contributed by atoms with E-state index in [0.717, 1.165) is 12.1 Å². The predicted octanol–water partition coefficient (Wildman–Crippen LogP) is 4.39. The number of carbonyl (C=O) groups excluding carboxylic acids is 2. The smallest absolute Gasteiger partial charge is 0.416 e. The molecule has 31 heavy (non-hydrogen) atoms. The highest BCUT2D eigenvalue weighted by molar-refractivity contribution is 5.89. The molecule has 0 fully saturated rings. The molecule has 1 heterocycles. The molecule has 162 valence electrons. The van der Waals surface area contributed by atoms with Crippen LogP contribution in [-0.4, -0.2) is 28.4 Å². The highest BCUT2D eigenvalue weighted by atomic mass is 19.4.